The molecule has 10 rings (SSSR count). The van der Waals surface area contributed by atoms with Crippen molar-refractivity contribution in [3.8, 4) is 34.5 Å². The van der Waals surface area contributed by atoms with Gasteiger partial charge in [0.15, 0.2) is 11.5 Å². The fourth-order valence-electron chi connectivity index (χ4n) is 9.13. The summed E-state index contributed by atoms with van der Waals surface area (Å²) in [5, 5.41) is 0. The van der Waals surface area contributed by atoms with Gasteiger partial charge in [-0.1, -0.05) is 119 Å². The number of fused-ring (bicyclic) bond motifs is 6. The van der Waals surface area contributed by atoms with Crippen LogP contribution in [0.3, 0.4) is 0 Å². The van der Waals surface area contributed by atoms with E-state index in [9.17, 15) is 0 Å². The molecule has 0 aliphatic carbocycles. The largest absolute Gasteiger partial charge is 0.458 e. The Balaban J connectivity index is 1.36. The number of hydrogen-bond acceptors (Lipinski definition) is 4. The highest BCUT2D eigenvalue weighted by molar-refractivity contribution is 7.03. The van der Waals surface area contributed by atoms with E-state index in [1.54, 1.807) is 0 Å². The van der Waals surface area contributed by atoms with Gasteiger partial charge in [0.05, 0.1) is 11.4 Å². The van der Waals surface area contributed by atoms with Crippen LogP contribution < -0.4 is 51.9 Å². The number of rotatable bonds is 0. The standard InChI is InChI=1S/C46H47B2NO3/c1-43(2,3)24-13-15-32-28(17-24)47-30-19-26(45(7,8)9)21-36-40(30)49-41-31(20-27(46(10,11)12)22-37(41)52-36)48-29-18-25(44(4,5)6)14-16-33(29)51-35-23-34(50-32)38(47)42(49)39(35)48/h13-23H,1-12H3. The average Bonchev–Trinajstić information content (AvgIpc) is 3.05. The topological polar surface area (TPSA) is 30.9 Å². The fourth-order valence-corrected chi connectivity index (χ4v) is 9.13. The van der Waals surface area contributed by atoms with Gasteiger partial charge >= 0.3 is 0 Å². The SMILES string of the molecule is CC(C)(C)c1ccc2c(c1)B1c3cc(C(C)(C)C)cc4c3N3c5c(cc(C(C)(C)C)cc5B5c6cc(C(C)(C)C)ccc6Oc6cc(c1c3c65)O2)O4. The molecule has 0 atom stereocenters. The molecule has 0 N–H and O–H groups in total. The maximum Gasteiger partial charge on any atom is 0.256 e. The summed E-state index contributed by atoms with van der Waals surface area (Å²) in [6.45, 7) is 27.5. The Morgan fingerprint density at radius 3 is 1.12 bits per heavy atom. The third-order valence-corrected chi connectivity index (χ3v) is 12.1. The van der Waals surface area contributed by atoms with Gasteiger partial charge in [0, 0.05) is 11.8 Å². The van der Waals surface area contributed by atoms with E-state index in [1.165, 1.54) is 60.7 Å². The molecule has 4 nitrogen and oxygen atoms in total. The van der Waals surface area contributed by atoms with Gasteiger partial charge in [0.1, 0.15) is 23.0 Å². The molecular formula is C46H47B2NO3. The molecule has 52 heavy (non-hydrogen) atoms. The Kier molecular flexibility index (Phi) is 5.99. The van der Waals surface area contributed by atoms with Gasteiger partial charge in [-0.25, -0.2) is 0 Å². The third kappa shape index (κ3) is 4.24. The molecule has 0 saturated carbocycles. The summed E-state index contributed by atoms with van der Waals surface area (Å²) < 4.78 is 21.2. The van der Waals surface area contributed by atoms with Gasteiger partial charge in [0.25, 0.3) is 13.4 Å². The van der Waals surface area contributed by atoms with Crippen LogP contribution >= 0.6 is 0 Å². The minimum Gasteiger partial charge on any atom is -0.458 e. The predicted octanol–water partition coefficient (Wildman–Crippen LogP) is 8.32. The van der Waals surface area contributed by atoms with E-state index in [1.807, 2.05) is 0 Å². The first-order chi connectivity index (χ1) is 24.3. The van der Waals surface area contributed by atoms with Crippen LogP contribution in [0.2, 0.25) is 0 Å². The van der Waals surface area contributed by atoms with Crippen LogP contribution in [0.4, 0.5) is 17.1 Å². The molecular weight excluding hydrogens is 636 g/mol. The number of hydrogen-bond donors (Lipinski definition) is 0. The lowest BCUT2D eigenvalue weighted by Gasteiger charge is -2.50. The van der Waals surface area contributed by atoms with E-state index in [-0.39, 0.29) is 35.1 Å². The molecule has 5 aliphatic rings. The van der Waals surface area contributed by atoms with Gasteiger partial charge in [-0.3, -0.25) is 0 Å². The normalized spacial score (nSPS) is 15.7. The third-order valence-electron chi connectivity index (χ3n) is 12.1. The lowest BCUT2D eigenvalue weighted by atomic mass is 9.29. The summed E-state index contributed by atoms with van der Waals surface area (Å²) in [4.78, 5) is 2.53. The molecule has 0 aromatic heterocycles. The Labute approximate surface area is 309 Å². The summed E-state index contributed by atoms with van der Waals surface area (Å²) in [5.74, 6) is 5.41. The molecule has 0 spiro atoms. The summed E-state index contributed by atoms with van der Waals surface area (Å²) in [7, 11) is 0. The molecule has 5 heterocycles. The highest BCUT2D eigenvalue weighted by Crippen LogP contribution is 2.55. The van der Waals surface area contributed by atoms with Crippen LogP contribution in [-0.2, 0) is 21.7 Å². The summed E-state index contributed by atoms with van der Waals surface area (Å²) in [5.41, 5.74) is 15.9. The van der Waals surface area contributed by atoms with E-state index in [2.05, 4.69) is 155 Å². The van der Waals surface area contributed by atoms with Crippen molar-refractivity contribution in [1.29, 1.82) is 0 Å². The van der Waals surface area contributed by atoms with E-state index in [4.69, 9.17) is 14.2 Å². The molecule has 0 fully saturated rings. The van der Waals surface area contributed by atoms with Crippen molar-refractivity contribution in [2.24, 2.45) is 0 Å². The van der Waals surface area contributed by atoms with Crippen molar-refractivity contribution in [2.45, 2.75) is 105 Å². The first-order valence-electron chi connectivity index (χ1n) is 19.0. The first kappa shape index (κ1) is 32.1. The molecule has 0 unspecified atom stereocenters. The highest BCUT2D eigenvalue weighted by Gasteiger charge is 2.54. The van der Waals surface area contributed by atoms with Gasteiger partial charge in [-0.15, -0.1) is 0 Å². The summed E-state index contributed by atoms with van der Waals surface area (Å²) in [6, 6.07) is 25.3. The molecule has 0 bridgehead atoms. The van der Waals surface area contributed by atoms with Gasteiger partial charge in [-0.05, 0) is 101 Å². The lowest BCUT2D eigenvalue weighted by molar-refractivity contribution is 0.462. The van der Waals surface area contributed by atoms with Crippen LogP contribution in [0.15, 0.2) is 66.7 Å². The number of nitrogens with zero attached hydrogens (tertiary/aromatic N) is 1. The second-order valence-corrected chi connectivity index (χ2v) is 19.9. The maximum absolute atomic E-state index is 7.23. The van der Waals surface area contributed by atoms with Crippen LogP contribution in [0.5, 0.6) is 34.5 Å². The smallest absolute Gasteiger partial charge is 0.256 e. The average molecular weight is 684 g/mol. The van der Waals surface area contributed by atoms with Crippen LogP contribution in [0, 0.1) is 0 Å². The zero-order chi connectivity index (χ0) is 36.6. The predicted molar refractivity (Wildman–Crippen MR) is 218 cm³/mol. The van der Waals surface area contributed by atoms with Crippen molar-refractivity contribution in [3.63, 3.8) is 0 Å². The second-order valence-electron chi connectivity index (χ2n) is 19.9. The van der Waals surface area contributed by atoms with Gasteiger partial charge in [0.2, 0.25) is 0 Å². The number of anilines is 3. The first-order valence-corrected chi connectivity index (χ1v) is 19.0. The number of benzene rings is 5. The quantitative estimate of drug-likeness (QED) is 0.151. The monoisotopic (exact) mass is 683 g/mol. The Morgan fingerprint density at radius 1 is 0.365 bits per heavy atom. The Morgan fingerprint density at radius 2 is 0.731 bits per heavy atom. The van der Waals surface area contributed by atoms with E-state index in [0.29, 0.717) is 0 Å². The van der Waals surface area contributed by atoms with Crippen LogP contribution in [0.1, 0.15) is 105 Å². The van der Waals surface area contributed by atoms with E-state index < -0.39 is 0 Å². The Bertz CT molecular complexity index is 2290. The Hall–Kier alpha value is -4.57. The highest BCUT2D eigenvalue weighted by atomic mass is 16.5. The second kappa shape index (κ2) is 9.69. The van der Waals surface area contributed by atoms with Gasteiger partial charge < -0.3 is 19.1 Å². The van der Waals surface area contributed by atoms with Crippen molar-refractivity contribution in [1.82, 2.24) is 0 Å². The van der Waals surface area contributed by atoms with Crippen LogP contribution in [0.25, 0.3) is 0 Å². The molecule has 5 aromatic carbocycles. The van der Waals surface area contributed by atoms with E-state index in [0.717, 1.165) is 45.9 Å². The number of ether oxygens (including phenoxy) is 3. The molecule has 6 heteroatoms. The van der Waals surface area contributed by atoms with Crippen molar-refractivity contribution >= 4 is 63.3 Å². The van der Waals surface area contributed by atoms with Crippen molar-refractivity contribution in [3.05, 3.63) is 89.0 Å². The molecule has 5 aliphatic heterocycles. The van der Waals surface area contributed by atoms with Gasteiger partial charge in [-0.2, -0.15) is 0 Å². The van der Waals surface area contributed by atoms with Crippen molar-refractivity contribution in [2.75, 3.05) is 4.90 Å². The minimum atomic E-state index is -0.0803. The lowest BCUT2D eigenvalue weighted by Crippen LogP contribution is -2.67. The molecule has 0 radical (unpaired) electrons. The maximum atomic E-state index is 7.23. The van der Waals surface area contributed by atoms with Crippen molar-refractivity contribution < 1.29 is 14.2 Å². The van der Waals surface area contributed by atoms with Crippen LogP contribution in [-0.4, -0.2) is 13.4 Å². The molecule has 260 valence electrons. The zero-order valence-electron chi connectivity index (χ0n) is 32.7. The fraction of sp³-hybridized carbons (Fsp3) is 0.348. The molecule has 0 saturated heterocycles. The molecule has 0 amide bonds. The summed E-state index contributed by atoms with van der Waals surface area (Å²) in [6.07, 6.45) is 0. The summed E-state index contributed by atoms with van der Waals surface area (Å²) >= 11 is 0. The minimum absolute atomic E-state index is 0.0120. The van der Waals surface area contributed by atoms with E-state index >= 15 is 0 Å². The zero-order valence-corrected chi connectivity index (χ0v) is 32.7. The molecule has 5 aromatic rings.